The average Bonchev–Trinajstić information content (AvgIpc) is 2.82. The summed E-state index contributed by atoms with van der Waals surface area (Å²) in [7, 11) is 0. The van der Waals surface area contributed by atoms with E-state index in [2.05, 4.69) is 23.5 Å². The van der Waals surface area contributed by atoms with Crippen molar-refractivity contribution in [1.82, 2.24) is 15.5 Å². The molecule has 0 saturated heterocycles. The van der Waals surface area contributed by atoms with Crippen LogP contribution in [0, 0.1) is 18.3 Å². The van der Waals surface area contributed by atoms with E-state index in [4.69, 9.17) is 11.2 Å². The lowest BCUT2D eigenvalue weighted by Gasteiger charge is -2.35. The van der Waals surface area contributed by atoms with Crippen LogP contribution in [0.15, 0.2) is 24.3 Å². The van der Waals surface area contributed by atoms with Gasteiger partial charge in [0.2, 0.25) is 11.8 Å². The van der Waals surface area contributed by atoms with E-state index in [9.17, 15) is 14.4 Å². The lowest BCUT2D eigenvalue weighted by Crippen LogP contribution is -2.53. The molecule has 7 heteroatoms. The summed E-state index contributed by atoms with van der Waals surface area (Å²) in [5.74, 6) is 2.19. The Morgan fingerprint density at radius 3 is 2.27 bits per heavy atom. The van der Waals surface area contributed by atoms with E-state index in [1.54, 1.807) is 37.8 Å². The average molecular weight is 514 g/mol. The Kier molecular flexibility index (Phi) is 13.8. The Morgan fingerprint density at radius 2 is 1.70 bits per heavy atom. The summed E-state index contributed by atoms with van der Waals surface area (Å²) in [6, 6.07) is 5.46. The van der Waals surface area contributed by atoms with Crippen molar-refractivity contribution in [2.75, 3.05) is 13.1 Å². The molecule has 2 unspecified atom stereocenters. The quantitative estimate of drug-likeness (QED) is 0.251. The number of ether oxygens (including phenoxy) is 1. The number of hydrogen-bond acceptors (Lipinski definition) is 4. The van der Waals surface area contributed by atoms with Gasteiger partial charge in [-0.15, -0.1) is 6.42 Å². The van der Waals surface area contributed by atoms with Crippen molar-refractivity contribution < 1.29 is 19.1 Å². The minimum atomic E-state index is -0.914. The van der Waals surface area contributed by atoms with Crippen molar-refractivity contribution >= 4 is 17.9 Å². The molecule has 7 nitrogen and oxygen atoms in total. The molecular weight excluding hydrogens is 466 g/mol. The molecule has 3 amide bonds. The molecule has 0 radical (unpaired) electrons. The van der Waals surface area contributed by atoms with Gasteiger partial charge in [0, 0.05) is 18.7 Å². The highest BCUT2D eigenvalue weighted by molar-refractivity contribution is 5.92. The summed E-state index contributed by atoms with van der Waals surface area (Å²) in [4.78, 5) is 42.0. The number of carbonyl (C=O) groups is 3. The van der Waals surface area contributed by atoms with Crippen LogP contribution in [0.1, 0.15) is 104 Å². The molecule has 0 aliphatic rings. The van der Waals surface area contributed by atoms with E-state index in [-0.39, 0.29) is 17.7 Å². The third-order valence-electron chi connectivity index (χ3n) is 5.78. The predicted molar refractivity (Wildman–Crippen MR) is 149 cm³/mol. The molecule has 0 spiro atoms. The maximum Gasteiger partial charge on any atom is 0.408 e. The number of rotatable bonds is 14. The zero-order chi connectivity index (χ0) is 28.0. The van der Waals surface area contributed by atoms with Crippen LogP contribution in [-0.4, -0.2) is 47.5 Å². The van der Waals surface area contributed by atoms with Gasteiger partial charge in [0.25, 0.3) is 0 Å². The van der Waals surface area contributed by atoms with E-state index in [0.29, 0.717) is 37.1 Å². The number of nitrogens with one attached hydrogen (secondary N) is 2. The molecular formula is C30H47N3O4. The molecule has 0 aromatic heterocycles. The van der Waals surface area contributed by atoms with Gasteiger partial charge in [0.1, 0.15) is 17.7 Å². The lowest BCUT2D eigenvalue weighted by molar-refractivity contribution is -0.143. The molecule has 206 valence electrons. The molecule has 37 heavy (non-hydrogen) atoms. The highest BCUT2D eigenvalue weighted by Gasteiger charge is 2.37. The first-order valence-corrected chi connectivity index (χ1v) is 13.6. The maximum absolute atomic E-state index is 14.1. The second-order valence-corrected chi connectivity index (χ2v) is 10.8. The van der Waals surface area contributed by atoms with Crippen LogP contribution in [0.3, 0.4) is 0 Å². The fraction of sp³-hybridized carbons (Fsp3) is 0.633. The minimum Gasteiger partial charge on any atom is -0.444 e. The summed E-state index contributed by atoms with van der Waals surface area (Å²) in [6.07, 6.45) is 9.96. The number of hydrogen-bond donors (Lipinski definition) is 2. The molecule has 2 atom stereocenters. The number of benzene rings is 1. The van der Waals surface area contributed by atoms with Crippen LogP contribution in [0.2, 0.25) is 0 Å². The SMILES string of the molecule is C#Cc1ccccc1C(C(=O)NCCCCC)N(CCCC)C(=O)C(CC(C)C)NC(=O)OC(C)(C)C. The Bertz CT molecular complexity index is 914. The van der Waals surface area contributed by atoms with Crippen molar-refractivity contribution in [3.8, 4) is 12.3 Å². The van der Waals surface area contributed by atoms with Gasteiger partial charge in [-0.1, -0.05) is 71.1 Å². The molecule has 0 heterocycles. The molecule has 1 aromatic carbocycles. The van der Waals surface area contributed by atoms with Crippen molar-refractivity contribution in [2.45, 2.75) is 105 Å². The number of carbonyl (C=O) groups excluding carboxylic acids is 3. The van der Waals surface area contributed by atoms with Gasteiger partial charge < -0.3 is 20.3 Å². The Morgan fingerprint density at radius 1 is 1.05 bits per heavy atom. The van der Waals surface area contributed by atoms with Crippen molar-refractivity contribution in [2.24, 2.45) is 5.92 Å². The molecule has 0 aliphatic carbocycles. The third-order valence-corrected chi connectivity index (χ3v) is 5.78. The van der Waals surface area contributed by atoms with E-state index in [0.717, 1.165) is 25.7 Å². The van der Waals surface area contributed by atoms with Crippen LogP contribution in [0.5, 0.6) is 0 Å². The topological polar surface area (TPSA) is 87.7 Å². The van der Waals surface area contributed by atoms with Gasteiger partial charge in [0.15, 0.2) is 0 Å². The van der Waals surface area contributed by atoms with Crippen molar-refractivity contribution in [3.63, 3.8) is 0 Å². The second-order valence-electron chi connectivity index (χ2n) is 10.8. The maximum atomic E-state index is 14.1. The standard InChI is InChI=1S/C30H47N3O4/c1-9-12-16-19-31-27(34)26(24-18-15-14-17-23(24)11-3)33(20-13-10-2)28(35)25(21-22(4)5)32-29(36)37-30(6,7)8/h3,14-15,17-18,22,25-26H,9-10,12-13,16,19-21H2,1-2,4-8H3,(H,31,34)(H,32,36). The van der Waals surface area contributed by atoms with E-state index >= 15 is 0 Å². The molecule has 0 aliphatic heterocycles. The fourth-order valence-corrected chi connectivity index (χ4v) is 4.04. The van der Waals surface area contributed by atoms with E-state index in [1.807, 2.05) is 32.9 Å². The largest absolute Gasteiger partial charge is 0.444 e. The number of amides is 3. The zero-order valence-electron chi connectivity index (χ0n) is 23.9. The van der Waals surface area contributed by atoms with E-state index < -0.39 is 23.8 Å². The van der Waals surface area contributed by atoms with Gasteiger partial charge in [-0.05, 0) is 57.6 Å². The lowest BCUT2D eigenvalue weighted by atomic mass is 9.96. The van der Waals surface area contributed by atoms with Crippen LogP contribution in [0.4, 0.5) is 4.79 Å². The Labute approximate surface area is 224 Å². The first-order valence-electron chi connectivity index (χ1n) is 13.6. The number of unbranched alkanes of at least 4 members (excludes halogenated alkanes) is 3. The van der Waals surface area contributed by atoms with Crippen LogP contribution < -0.4 is 10.6 Å². The molecule has 0 saturated carbocycles. The summed E-state index contributed by atoms with van der Waals surface area (Å²) in [5.41, 5.74) is 0.457. The monoisotopic (exact) mass is 513 g/mol. The zero-order valence-corrected chi connectivity index (χ0v) is 23.9. The molecule has 0 bridgehead atoms. The molecule has 0 fully saturated rings. The highest BCUT2D eigenvalue weighted by Crippen LogP contribution is 2.27. The van der Waals surface area contributed by atoms with Crippen LogP contribution in [-0.2, 0) is 14.3 Å². The molecule has 1 rings (SSSR count). The van der Waals surface area contributed by atoms with Gasteiger partial charge >= 0.3 is 6.09 Å². The normalized spacial score (nSPS) is 12.8. The Balaban J connectivity index is 3.48. The Hall–Kier alpha value is -3.01. The second kappa shape index (κ2) is 16.0. The van der Waals surface area contributed by atoms with Crippen molar-refractivity contribution in [1.29, 1.82) is 0 Å². The number of terminal acetylenes is 1. The highest BCUT2D eigenvalue weighted by atomic mass is 16.6. The summed E-state index contributed by atoms with van der Waals surface area (Å²) in [5, 5.41) is 5.79. The van der Waals surface area contributed by atoms with E-state index in [1.165, 1.54) is 0 Å². The van der Waals surface area contributed by atoms with Crippen LogP contribution in [0.25, 0.3) is 0 Å². The summed E-state index contributed by atoms with van der Waals surface area (Å²) < 4.78 is 5.44. The van der Waals surface area contributed by atoms with Gasteiger partial charge in [-0.2, -0.15) is 0 Å². The van der Waals surface area contributed by atoms with Gasteiger partial charge in [-0.25, -0.2) is 4.79 Å². The minimum absolute atomic E-state index is 0.122. The fourth-order valence-electron chi connectivity index (χ4n) is 4.04. The van der Waals surface area contributed by atoms with Crippen molar-refractivity contribution in [3.05, 3.63) is 35.4 Å². The number of alkyl carbamates (subject to hydrolysis) is 1. The van der Waals surface area contributed by atoms with Crippen LogP contribution >= 0.6 is 0 Å². The smallest absolute Gasteiger partial charge is 0.408 e. The molecule has 1 aromatic rings. The number of nitrogens with zero attached hydrogens (tertiary/aromatic N) is 1. The molecule has 2 N–H and O–H groups in total. The predicted octanol–water partition coefficient (Wildman–Crippen LogP) is 5.58. The third kappa shape index (κ3) is 11.3. The van der Waals surface area contributed by atoms with Gasteiger partial charge in [-0.3, -0.25) is 9.59 Å². The van der Waals surface area contributed by atoms with Gasteiger partial charge in [0.05, 0.1) is 0 Å². The first kappa shape index (κ1) is 32.0. The summed E-state index contributed by atoms with van der Waals surface area (Å²) in [6.45, 7) is 14.3. The first-order chi connectivity index (χ1) is 17.4. The summed E-state index contributed by atoms with van der Waals surface area (Å²) >= 11 is 0.